The van der Waals surface area contributed by atoms with E-state index in [1.165, 1.54) is 0 Å². The molecule has 0 aromatic rings. The molecule has 1 atom stereocenters. The van der Waals surface area contributed by atoms with Gasteiger partial charge in [0.15, 0.2) is 0 Å². The lowest BCUT2D eigenvalue weighted by Gasteiger charge is -2.07. The summed E-state index contributed by atoms with van der Waals surface area (Å²) in [6, 6.07) is 0. The van der Waals surface area contributed by atoms with Crippen LogP contribution < -0.4 is 10.6 Å². The van der Waals surface area contributed by atoms with Gasteiger partial charge in [-0.15, -0.1) is 0 Å². The molecule has 0 saturated carbocycles. The van der Waals surface area contributed by atoms with E-state index in [0.717, 1.165) is 45.6 Å². The first kappa shape index (κ1) is 13.8. The second kappa shape index (κ2) is 10.9. The molecule has 0 radical (unpaired) electrons. The molecule has 86 valence electrons. The fourth-order valence-electron chi connectivity index (χ4n) is 1.12. The molecule has 4 nitrogen and oxygen atoms in total. The van der Waals surface area contributed by atoms with Crippen LogP contribution in [0.2, 0.25) is 0 Å². The molecule has 0 amide bonds. The van der Waals surface area contributed by atoms with E-state index in [1.54, 1.807) is 7.11 Å². The van der Waals surface area contributed by atoms with Crippen LogP contribution in [0.3, 0.4) is 0 Å². The lowest BCUT2D eigenvalue weighted by molar-refractivity contribution is 0.181. The number of nitrogens with one attached hydrogen (secondary N) is 2. The fraction of sp³-hybridized carbons (Fsp3) is 1.00. The van der Waals surface area contributed by atoms with Gasteiger partial charge in [0.05, 0.1) is 12.7 Å². The van der Waals surface area contributed by atoms with Crippen LogP contribution in [0.4, 0.5) is 0 Å². The molecular formula is C10H24N2O2. The quantitative estimate of drug-likeness (QED) is 0.438. The van der Waals surface area contributed by atoms with Gasteiger partial charge in [0.25, 0.3) is 0 Å². The molecule has 0 rings (SSSR count). The van der Waals surface area contributed by atoms with Crippen molar-refractivity contribution in [2.75, 3.05) is 39.9 Å². The van der Waals surface area contributed by atoms with Crippen molar-refractivity contribution in [1.29, 1.82) is 0 Å². The van der Waals surface area contributed by atoms with Crippen LogP contribution in [0.15, 0.2) is 0 Å². The standard InChI is InChI=1S/C10H24N2O2/c1-10(13)4-3-5-11-6-7-12-8-9-14-2/h10-13H,3-9H2,1-2H3. The van der Waals surface area contributed by atoms with Crippen molar-refractivity contribution in [3.63, 3.8) is 0 Å². The van der Waals surface area contributed by atoms with Gasteiger partial charge >= 0.3 is 0 Å². The van der Waals surface area contributed by atoms with Gasteiger partial charge in [-0.1, -0.05) is 0 Å². The summed E-state index contributed by atoms with van der Waals surface area (Å²) >= 11 is 0. The summed E-state index contributed by atoms with van der Waals surface area (Å²) in [5.74, 6) is 0. The molecule has 1 unspecified atom stereocenters. The molecule has 0 aromatic carbocycles. The topological polar surface area (TPSA) is 53.5 Å². The third-order valence-electron chi connectivity index (χ3n) is 1.94. The third kappa shape index (κ3) is 11.8. The number of methoxy groups -OCH3 is 1. The molecule has 0 spiro atoms. The van der Waals surface area contributed by atoms with Crippen LogP contribution in [0.25, 0.3) is 0 Å². The number of aliphatic hydroxyl groups excluding tert-OH is 1. The molecule has 0 bridgehead atoms. The van der Waals surface area contributed by atoms with Crippen LogP contribution in [-0.4, -0.2) is 51.1 Å². The number of aliphatic hydroxyl groups is 1. The number of rotatable bonds is 10. The molecule has 0 aromatic heterocycles. The number of hydrogen-bond acceptors (Lipinski definition) is 4. The molecule has 0 aliphatic carbocycles. The zero-order chi connectivity index (χ0) is 10.6. The average molecular weight is 204 g/mol. The van der Waals surface area contributed by atoms with Gasteiger partial charge in [-0.2, -0.15) is 0 Å². The zero-order valence-electron chi connectivity index (χ0n) is 9.38. The van der Waals surface area contributed by atoms with E-state index in [4.69, 9.17) is 9.84 Å². The maximum absolute atomic E-state index is 9.00. The highest BCUT2D eigenvalue weighted by atomic mass is 16.5. The van der Waals surface area contributed by atoms with Gasteiger partial charge < -0.3 is 20.5 Å². The van der Waals surface area contributed by atoms with Crippen LogP contribution in [0, 0.1) is 0 Å². The van der Waals surface area contributed by atoms with E-state index in [1.807, 2.05) is 6.92 Å². The van der Waals surface area contributed by atoms with Crippen LogP contribution in [0.1, 0.15) is 19.8 Å². The van der Waals surface area contributed by atoms with Crippen molar-refractivity contribution in [2.45, 2.75) is 25.9 Å². The minimum Gasteiger partial charge on any atom is -0.393 e. The normalized spacial score (nSPS) is 13.1. The number of hydrogen-bond donors (Lipinski definition) is 3. The predicted octanol–water partition coefficient (Wildman–Crippen LogP) is -0.0270. The Kier molecular flexibility index (Phi) is 10.8. The molecule has 4 heteroatoms. The summed E-state index contributed by atoms with van der Waals surface area (Å²) in [4.78, 5) is 0. The smallest absolute Gasteiger partial charge is 0.0587 e. The first-order chi connectivity index (χ1) is 6.77. The van der Waals surface area contributed by atoms with Crippen LogP contribution in [-0.2, 0) is 4.74 Å². The summed E-state index contributed by atoms with van der Waals surface area (Å²) in [6.07, 6.45) is 1.75. The van der Waals surface area contributed by atoms with Crippen molar-refractivity contribution >= 4 is 0 Å². The van der Waals surface area contributed by atoms with E-state index in [9.17, 15) is 0 Å². The van der Waals surface area contributed by atoms with Crippen LogP contribution in [0.5, 0.6) is 0 Å². The van der Waals surface area contributed by atoms with Crippen molar-refractivity contribution in [2.24, 2.45) is 0 Å². The molecule has 0 aliphatic heterocycles. The van der Waals surface area contributed by atoms with E-state index in [0.29, 0.717) is 0 Å². The Morgan fingerprint density at radius 1 is 1.14 bits per heavy atom. The maximum atomic E-state index is 9.00. The van der Waals surface area contributed by atoms with E-state index in [-0.39, 0.29) is 6.10 Å². The Morgan fingerprint density at radius 2 is 1.79 bits per heavy atom. The Balaban J connectivity index is 2.85. The van der Waals surface area contributed by atoms with E-state index in [2.05, 4.69) is 10.6 Å². The second-order valence-corrected chi connectivity index (χ2v) is 3.48. The number of ether oxygens (including phenoxy) is 1. The molecule has 0 fully saturated rings. The second-order valence-electron chi connectivity index (χ2n) is 3.48. The average Bonchev–Trinajstić information content (AvgIpc) is 2.15. The maximum Gasteiger partial charge on any atom is 0.0587 e. The lowest BCUT2D eigenvalue weighted by atomic mass is 10.2. The molecule has 14 heavy (non-hydrogen) atoms. The molecule has 0 heterocycles. The van der Waals surface area contributed by atoms with E-state index < -0.39 is 0 Å². The third-order valence-corrected chi connectivity index (χ3v) is 1.94. The minimum absolute atomic E-state index is 0.170. The Morgan fingerprint density at radius 3 is 2.36 bits per heavy atom. The van der Waals surface area contributed by atoms with Gasteiger partial charge in [0.2, 0.25) is 0 Å². The summed E-state index contributed by atoms with van der Waals surface area (Å²) in [5.41, 5.74) is 0. The van der Waals surface area contributed by atoms with Gasteiger partial charge in [0, 0.05) is 26.7 Å². The predicted molar refractivity (Wildman–Crippen MR) is 58.5 cm³/mol. The van der Waals surface area contributed by atoms with Gasteiger partial charge in [0.1, 0.15) is 0 Å². The Bertz CT molecular complexity index is 110. The highest BCUT2D eigenvalue weighted by molar-refractivity contribution is 4.54. The first-order valence-electron chi connectivity index (χ1n) is 5.35. The van der Waals surface area contributed by atoms with Crippen molar-refractivity contribution in [3.8, 4) is 0 Å². The van der Waals surface area contributed by atoms with Crippen LogP contribution >= 0.6 is 0 Å². The van der Waals surface area contributed by atoms with Crippen molar-refractivity contribution < 1.29 is 9.84 Å². The highest BCUT2D eigenvalue weighted by Crippen LogP contribution is 1.92. The Hall–Kier alpha value is -0.160. The first-order valence-corrected chi connectivity index (χ1v) is 5.35. The summed E-state index contributed by atoms with van der Waals surface area (Å²) in [5, 5.41) is 15.6. The molecule has 3 N–H and O–H groups in total. The molecular weight excluding hydrogens is 180 g/mol. The van der Waals surface area contributed by atoms with E-state index >= 15 is 0 Å². The summed E-state index contributed by atoms with van der Waals surface area (Å²) in [6.45, 7) is 6.43. The zero-order valence-corrected chi connectivity index (χ0v) is 9.38. The molecule has 0 aliphatic rings. The van der Waals surface area contributed by atoms with Crippen molar-refractivity contribution in [3.05, 3.63) is 0 Å². The van der Waals surface area contributed by atoms with Gasteiger partial charge in [-0.25, -0.2) is 0 Å². The summed E-state index contributed by atoms with van der Waals surface area (Å²) < 4.78 is 4.90. The Labute approximate surface area is 87.0 Å². The SMILES string of the molecule is COCCNCCNCCCC(C)O. The molecule has 0 saturated heterocycles. The largest absolute Gasteiger partial charge is 0.393 e. The van der Waals surface area contributed by atoms with Crippen molar-refractivity contribution in [1.82, 2.24) is 10.6 Å². The monoisotopic (exact) mass is 204 g/mol. The highest BCUT2D eigenvalue weighted by Gasteiger charge is 1.94. The lowest BCUT2D eigenvalue weighted by Crippen LogP contribution is -2.30. The van der Waals surface area contributed by atoms with Gasteiger partial charge in [-0.05, 0) is 26.3 Å². The summed E-state index contributed by atoms with van der Waals surface area (Å²) in [7, 11) is 1.70. The minimum atomic E-state index is -0.170. The van der Waals surface area contributed by atoms with Gasteiger partial charge in [-0.3, -0.25) is 0 Å². The fourth-order valence-corrected chi connectivity index (χ4v) is 1.12.